The van der Waals surface area contributed by atoms with Gasteiger partial charge in [-0.2, -0.15) is 0 Å². The molecule has 0 aliphatic rings. The molecule has 1 aromatic carbocycles. The lowest BCUT2D eigenvalue weighted by Gasteiger charge is -2.19. The molecule has 0 aliphatic carbocycles. The molecule has 2 rings (SSSR count). The van der Waals surface area contributed by atoms with Gasteiger partial charge in [-0.25, -0.2) is 0 Å². The van der Waals surface area contributed by atoms with E-state index in [4.69, 9.17) is 0 Å². The molecule has 0 saturated carbocycles. The minimum atomic E-state index is 0.401. The molecule has 21 heavy (non-hydrogen) atoms. The molecule has 0 aliphatic heterocycles. The first-order chi connectivity index (χ1) is 10.2. The van der Waals surface area contributed by atoms with Crippen LogP contribution in [0.25, 0.3) is 0 Å². The van der Waals surface area contributed by atoms with Crippen LogP contribution >= 0.6 is 0 Å². The number of aryl methyl sites for hydroxylation is 1. The number of hydrogen-bond acceptors (Lipinski definition) is 2. The Hall–Kier alpha value is -1.67. The van der Waals surface area contributed by atoms with Gasteiger partial charge in [0.15, 0.2) is 0 Å². The summed E-state index contributed by atoms with van der Waals surface area (Å²) in [6.07, 6.45) is 3.95. The largest absolute Gasteiger partial charge is 0.310 e. The third-order valence-electron chi connectivity index (χ3n) is 3.87. The zero-order chi connectivity index (χ0) is 15.1. The third kappa shape index (κ3) is 4.68. The molecule has 1 atom stereocenters. The second kappa shape index (κ2) is 7.94. The summed E-state index contributed by atoms with van der Waals surface area (Å²) >= 11 is 0. The predicted octanol–water partition coefficient (Wildman–Crippen LogP) is 4.49. The predicted molar refractivity (Wildman–Crippen MR) is 89.5 cm³/mol. The number of aromatic nitrogens is 1. The van der Waals surface area contributed by atoms with E-state index in [-0.39, 0.29) is 0 Å². The molecule has 1 N–H and O–H groups in total. The summed E-state index contributed by atoms with van der Waals surface area (Å²) < 4.78 is 0. The van der Waals surface area contributed by atoms with E-state index in [1.54, 1.807) is 0 Å². The summed E-state index contributed by atoms with van der Waals surface area (Å²) in [6, 6.07) is 15.6. The molecule has 0 spiro atoms. The van der Waals surface area contributed by atoms with Crippen LogP contribution in [0.3, 0.4) is 0 Å². The lowest BCUT2D eigenvalue weighted by Crippen LogP contribution is -2.21. The zero-order valence-electron chi connectivity index (χ0n) is 13.3. The number of benzene rings is 1. The molecule has 2 heteroatoms. The molecule has 0 saturated heterocycles. The Morgan fingerprint density at radius 2 is 1.71 bits per heavy atom. The molecule has 0 amide bonds. The highest BCUT2D eigenvalue weighted by Gasteiger charge is 2.11. The number of nitrogens with zero attached hydrogens (tertiary/aromatic N) is 1. The van der Waals surface area contributed by atoms with Crippen LogP contribution in [0.4, 0.5) is 0 Å². The van der Waals surface area contributed by atoms with E-state index in [0.29, 0.717) is 12.0 Å². The van der Waals surface area contributed by atoms with Crippen LogP contribution in [0.2, 0.25) is 0 Å². The van der Waals surface area contributed by atoms with Gasteiger partial charge in [0.1, 0.15) is 0 Å². The molecular weight excluding hydrogens is 256 g/mol. The van der Waals surface area contributed by atoms with Crippen molar-refractivity contribution in [2.45, 2.75) is 45.6 Å². The minimum Gasteiger partial charge on any atom is -0.310 e. The van der Waals surface area contributed by atoms with Gasteiger partial charge in [0.25, 0.3) is 0 Å². The Morgan fingerprint density at radius 1 is 1.00 bits per heavy atom. The molecule has 0 bridgehead atoms. The average molecular weight is 282 g/mol. The van der Waals surface area contributed by atoms with Gasteiger partial charge in [-0.3, -0.25) is 4.98 Å². The van der Waals surface area contributed by atoms with Gasteiger partial charge in [-0.05, 0) is 48.6 Å². The van der Waals surface area contributed by atoms with Gasteiger partial charge < -0.3 is 5.32 Å². The van der Waals surface area contributed by atoms with Crippen molar-refractivity contribution in [1.82, 2.24) is 10.3 Å². The van der Waals surface area contributed by atoms with E-state index in [2.05, 4.69) is 67.5 Å². The Bertz CT molecular complexity index is 517. The fraction of sp³-hybridized carbons (Fsp3) is 0.421. The second-order valence-electron chi connectivity index (χ2n) is 5.79. The lowest BCUT2D eigenvalue weighted by molar-refractivity contribution is 0.512. The van der Waals surface area contributed by atoms with Gasteiger partial charge in [0.2, 0.25) is 0 Å². The summed E-state index contributed by atoms with van der Waals surface area (Å²) in [6.45, 7) is 7.62. The van der Waals surface area contributed by atoms with E-state index in [1.165, 1.54) is 16.8 Å². The Balaban J connectivity index is 2.04. The lowest BCUT2D eigenvalue weighted by atomic mass is 9.96. The minimum absolute atomic E-state index is 0.401. The number of pyridine rings is 1. The van der Waals surface area contributed by atoms with E-state index in [1.807, 2.05) is 12.3 Å². The highest BCUT2D eigenvalue weighted by atomic mass is 14.9. The van der Waals surface area contributed by atoms with Crippen molar-refractivity contribution in [3.05, 3.63) is 65.5 Å². The number of rotatable bonds is 7. The van der Waals surface area contributed by atoms with Crippen molar-refractivity contribution in [2.75, 3.05) is 6.54 Å². The van der Waals surface area contributed by atoms with E-state index >= 15 is 0 Å². The molecule has 2 aromatic rings. The quantitative estimate of drug-likeness (QED) is 0.809. The standard InChI is InChI=1S/C19H26N2/c1-4-20-19(13-12-18-7-5-6-14-21-18)17-10-8-16(9-11-17)15(2)3/h5-11,14-15,19-20H,4,12-13H2,1-3H3. The fourth-order valence-corrected chi connectivity index (χ4v) is 2.58. The van der Waals surface area contributed by atoms with Crippen LogP contribution in [-0.4, -0.2) is 11.5 Å². The van der Waals surface area contributed by atoms with Crippen molar-refractivity contribution >= 4 is 0 Å². The Morgan fingerprint density at radius 3 is 2.29 bits per heavy atom. The third-order valence-corrected chi connectivity index (χ3v) is 3.87. The first-order valence-corrected chi connectivity index (χ1v) is 7.94. The van der Waals surface area contributed by atoms with E-state index < -0.39 is 0 Å². The monoisotopic (exact) mass is 282 g/mol. The van der Waals surface area contributed by atoms with Crippen molar-refractivity contribution < 1.29 is 0 Å². The highest BCUT2D eigenvalue weighted by molar-refractivity contribution is 5.27. The summed E-state index contributed by atoms with van der Waals surface area (Å²) in [4.78, 5) is 4.41. The average Bonchev–Trinajstić information content (AvgIpc) is 2.52. The van der Waals surface area contributed by atoms with Crippen molar-refractivity contribution in [3.63, 3.8) is 0 Å². The van der Waals surface area contributed by atoms with Crippen molar-refractivity contribution in [2.24, 2.45) is 0 Å². The van der Waals surface area contributed by atoms with E-state index in [0.717, 1.165) is 19.4 Å². The first-order valence-electron chi connectivity index (χ1n) is 7.94. The van der Waals surface area contributed by atoms with Crippen LogP contribution in [0.5, 0.6) is 0 Å². The fourth-order valence-electron chi connectivity index (χ4n) is 2.58. The second-order valence-corrected chi connectivity index (χ2v) is 5.79. The summed E-state index contributed by atoms with van der Waals surface area (Å²) in [7, 11) is 0. The molecule has 112 valence electrons. The van der Waals surface area contributed by atoms with E-state index in [9.17, 15) is 0 Å². The normalized spacial score (nSPS) is 12.6. The van der Waals surface area contributed by atoms with Gasteiger partial charge >= 0.3 is 0 Å². The van der Waals surface area contributed by atoms with Crippen LogP contribution in [0, 0.1) is 0 Å². The molecule has 0 radical (unpaired) electrons. The summed E-state index contributed by atoms with van der Waals surface area (Å²) in [5.41, 5.74) is 3.94. The van der Waals surface area contributed by atoms with Crippen molar-refractivity contribution in [3.8, 4) is 0 Å². The van der Waals surface area contributed by atoms with Crippen LogP contribution in [0.1, 0.15) is 56.0 Å². The van der Waals surface area contributed by atoms with Crippen LogP contribution < -0.4 is 5.32 Å². The van der Waals surface area contributed by atoms with Crippen LogP contribution in [0.15, 0.2) is 48.7 Å². The first kappa shape index (κ1) is 15.7. The highest BCUT2D eigenvalue weighted by Crippen LogP contribution is 2.22. The maximum absolute atomic E-state index is 4.41. The molecule has 1 heterocycles. The Kier molecular flexibility index (Phi) is 5.94. The molecule has 1 aromatic heterocycles. The summed E-state index contributed by atoms with van der Waals surface area (Å²) in [5.74, 6) is 0.588. The molecule has 1 unspecified atom stereocenters. The van der Waals surface area contributed by atoms with Gasteiger partial charge in [0.05, 0.1) is 0 Å². The molecule has 2 nitrogen and oxygen atoms in total. The molecule has 0 fully saturated rings. The van der Waals surface area contributed by atoms with Crippen LogP contribution in [-0.2, 0) is 6.42 Å². The van der Waals surface area contributed by atoms with Crippen molar-refractivity contribution in [1.29, 1.82) is 0 Å². The topological polar surface area (TPSA) is 24.9 Å². The zero-order valence-corrected chi connectivity index (χ0v) is 13.3. The van der Waals surface area contributed by atoms with Gasteiger partial charge in [0, 0.05) is 17.9 Å². The van der Waals surface area contributed by atoms with Gasteiger partial charge in [-0.15, -0.1) is 0 Å². The maximum atomic E-state index is 4.41. The maximum Gasteiger partial charge on any atom is 0.0404 e. The summed E-state index contributed by atoms with van der Waals surface area (Å²) in [5, 5.41) is 3.59. The Labute approximate surface area is 128 Å². The number of nitrogens with one attached hydrogen (secondary N) is 1. The molecular formula is C19H26N2. The smallest absolute Gasteiger partial charge is 0.0404 e. The SMILES string of the molecule is CCNC(CCc1ccccn1)c1ccc(C(C)C)cc1. The van der Waals surface area contributed by atoms with Gasteiger partial charge in [-0.1, -0.05) is 51.1 Å². The number of hydrogen-bond donors (Lipinski definition) is 1.